The van der Waals surface area contributed by atoms with E-state index in [4.69, 9.17) is 0 Å². The molecule has 0 N–H and O–H groups in total. The van der Waals surface area contributed by atoms with E-state index in [1.54, 1.807) is 12.4 Å². The molecule has 0 saturated carbocycles. The number of anilines is 1. The van der Waals surface area contributed by atoms with Gasteiger partial charge in [0.2, 0.25) is 0 Å². The maximum absolute atomic E-state index is 11.2. The molecule has 0 bridgehead atoms. The van der Waals surface area contributed by atoms with Gasteiger partial charge in [-0.05, 0) is 49.6 Å². The quantitative estimate of drug-likeness (QED) is 0.641. The predicted molar refractivity (Wildman–Crippen MR) is 81.6 cm³/mol. The zero-order valence-corrected chi connectivity index (χ0v) is 12.2. The molecule has 1 aromatic carbocycles. The van der Waals surface area contributed by atoms with Gasteiger partial charge in [0.25, 0.3) is 5.69 Å². The van der Waals surface area contributed by atoms with E-state index in [1.807, 2.05) is 32.0 Å². The topological polar surface area (TPSA) is 59.3 Å². The van der Waals surface area contributed by atoms with Crippen molar-refractivity contribution >= 4 is 11.4 Å². The van der Waals surface area contributed by atoms with Crippen LogP contribution in [0.3, 0.4) is 0 Å². The van der Waals surface area contributed by atoms with Gasteiger partial charge in [-0.1, -0.05) is 0 Å². The number of rotatable bonds is 3. The number of aromatic nitrogens is 1. The van der Waals surface area contributed by atoms with Crippen molar-refractivity contribution in [2.75, 3.05) is 11.4 Å². The van der Waals surface area contributed by atoms with E-state index in [9.17, 15) is 10.1 Å². The number of pyridine rings is 1. The minimum Gasteiger partial charge on any atom is -0.367 e. The Morgan fingerprint density at radius 1 is 1.33 bits per heavy atom. The fraction of sp³-hybridized carbons (Fsp3) is 0.312. The lowest BCUT2D eigenvalue weighted by molar-refractivity contribution is -0.386. The Morgan fingerprint density at radius 2 is 2.05 bits per heavy atom. The normalized spacial score (nSPS) is 13.3. The minimum absolute atomic E-state index is 0.263. The molecule has 1 aromatic heterocycles. The van der Waals surface area contributed by atoms with Crippen molar-refractivity contribution in [1.29, 1.82) is 0 Å². The first-order valence-corrected chi connectivity index (χ1v) is 6.99. The first-order chi connectivity index (χ1) is 10.1. The molecule has 0 spiro atoms. The Balaban J connectivity index is 1.98. The van der Waals surface area contributed by atoms with Gasteiger partial charge in [-0.25, -0.2) is 0 Å². The smallest absolute Gasteiger partial charge is 0.275 e. The van der Waals surface area contributed by atoms with Gasteiger partial charge in [-0.15, -0.1) is 0 Å². The van der Waals surface area contributed by atoms with Crippen molar-refractivity contribution in [2.24, 2.45) is 0 Å². The SMILES string of the molecule is Cc1cc2c(c(C)c1[N+](=O)[O-])CCN2Cc1ccncc1. The molecule has 5 heteroatoms. The molecule has 2 aromatic rings. The third kappa shape index (κ3) is 2.35. The summed E-state index contributed by atoms with van der Waals surface area (Å²) in [4.78, 5) is 17.2. The van der Waals surface area contributed by atoms with Crippen molar-refractivity contribution in [1.82, 2.24) is 4.98 Å². The lowest BCUT2D eigenvalue weighted by Crippen LogP contribution is -2.19. The summed E-state index contributed by atoms with van der Waals surface area (Å²) in [5.74, 6) is 0. The number of aryl methyl sites for hydroxylation is 1. The Labute approximate surface area is 123 Å². The number of hydrogen-bond acceptors (Lipinski definition) is 4. The number of hydrogen-bond donors (Lipinski definition) is 0. The summed E-state index contributed by atoms with van der Waals surface area (Å²) in [6.07, 6.45) is 4.45. The first-order valence-electron chi connectivity index (χ1n) is 6.99. The summed E-state index contributed by atoms with van der Waals surface area (Å²) in [5, 5.41) is 11.2. The van der Waals surface area contributed by atoms with Crippen LogP contribution >= 0.6 is 0 Å². The van der Waals surface area contributed by atoms with E-state index in [0.29, 0.717) is 0 Å². The minimum atomic E-state index is -0.267. The summed E-state index contributed by atoms with van der Waals surface area (Å²) in [5.41, 5.74) is 5.25. The molecule has 0 aliphatic carbocycles. The molecule has 5 nitrogen and oxygen atoms in total. The Bertz CT molecular complexity index is 698. The second kappa shape index (κ2) is 5.16. The maximum Gasteiger partial charge on any atom is 0.275 e. The molecule has 0 unspecified atom stereocenters. The summed E-state index contributed by atoms with van der Waals surface area (Å²) >= 11 is 0. The molecule has 1 aliphatic rings. The van der Waals surface area contributed by atoms with Crippen LogP contribution in [0.4, 0.5) is 11.4 Å². The largest absolute Gasteiger partial charge is 0.367 e. The average molecular weight is 283 g/mol. The third-order valence-electron chi connectivity index (χ3n) is 4.12. The van der Waals surface area contributed by atoms with Gasteiger partial charge in [0, 0.05) is 42.3 Å². The molecular formula is C16H17N3O2. The van der Waals surface area contributed by atoms with Crippen molar-refractivity contribution < 1.29 is 4.92 Å². The molecule has 0 amide bonds. The van der Waals surface area contributed by atoms with E-state index in [2.05, 4.69) is 9.88 Å². The van der Waals surface area contributed by atoms with Crippen molar-refractivity contribution in [3.8, 4) is 0 Å². The van der Waals surface area contributed by atoms with Gasteiger partial charge in [0.15, 0.2) is 0 Å². The van der Waals surface area contributed by atoms with E-state index in [0.717, 1.165) is 41.9 Å². The highest BCUT2D eigenvalue weighted by Crippen LogP contribution is 2.38. The lowest BCUT2D eigenvalue weighted by atomic mass is 10.0. The van der Waals surface area contributed by atoms with Crippen LogP contribution in [0.2, 0.25) is 0 Å². The van der Waals surface area contributed by atoms with Crippen molar-refractivity contribution in [3.63, 3.8) is 0 Å². The Morgan fingerprint density at radius 3 is 2.71 bits per heavy atom. The van der Waals surface area contributed by atoms with Gasteiger partial charge in [0.05, 0.1) is 4.92 Å². The third-order valence-corrected chi connectivity index (χ3v) is 4.12. The van der Waals surface area contributed by atoms with Crippen molar-refractivity contribution in [2.45, 2.75) is 26.8 Å². The molecule has 108 valence electrons. The van der Waals surface area contributed by atoms with Gasteiger partial charge in [-0.2, -0.15) is 0 Å². The van der Waals surface area contributed by atoms with Crippen LogP contribution in [0.25, 0.3) is 0 Å². The standard InChI is InChI=1S/C16H17N3O2/c1-11-9-15-14(12(2)16(11)19(20)21)5-8-18(15)10-13-3-6-17-7-4-13/h3-4,6-7,9H,5,8,10H2,1-2H3. The van der Waals surface area contributed by atoms with Crippen LogP contribution in [0.15, 0.2) is 30.6 Å². The number of nitrogens with zero attached hydrogens (tertiary/aromatic N) is 3. The number of benzene rings is 1. The first kappa shape index (κ1) is 13.5. The van der Waals surface area contributed by atoms with Crippen LogP contribution in [0.1, 0.15) is 22.3 Å². The Kier molecular flexibility index (Phi) is 3.33. The van der Waals surface area contributed by atoms with E-state index >= 15 is 0 Å². The van der Waals surface area contributed by atoms with Crippen molar-refractivity contribution in [3.05, 3.63) is 63.0 Å². The molecule has 0 atom stereocenters. The van der Waals surface area contributed by atoms with E-state index in [-0.39, 0.29) is 10.6 Å². The summed E-state index contributed by atoms with van der Waals surface area (Å²) in [6.45, 7) is 5.39. The molecule has 3 rings (SSSR count). The predicted octanol–water partition coefficient (Wildman–Crippen LogP) is 3.17. The number of nitro benzene ring substituents is 1. The summed E-state index contributed by atoms with van der Waals surface area (Å²) in [7, 11) is 0. The van der Waals surface area contributed by atoms with Crippen LogP contribution in [-0.2, 0) is 13.0 Å². The fourth-order valence-electron chi connectivity index (χ4n) is 3.11. The van der Waals surface area contributed by atoms with Gasteiger partial charge < -0.3 is 4.90 Å². The van der Waals surface area contributed by atoms with E-state index < -0.39 is 0 Å². The fourth-order valence-corrected chi connectivity index (χ4v) is 3.11. The second-order valence-corrected chi connectivity index (χ2v) is 5.45. The highest BCUT2D eigenvalue weighted by molar-refractivity contribution is 5.68. The second-order valence-electron chi connectivity index (χ2n) is 5.45. The van der Waals surface area contributed by atoms with Crippen LogP contribution in [0, 0.1) is 24.0 Å². The maximum atomic E-state index is 11.2. The summed E-state index contributed by atoms with van der Waals surface area (Å²) < 4.78 is 0. The molecule has 0 fully saturated rings. The highest BCUT2D eigenvalue weighted by Gasteiger charge is 2.27. The Hall–Kier alpha value is -2.43. The van der Waals surface area contributed by atoms with Gasteiger partial charge in [0.1, 0.15) is 0 Å². The molecule has 1 aliphatic heterocycles. The summed E-state index contributed by atoms with van der Waals surface area (Å²) in [6, 6.07) is 5.96. The zero-order chi connectivity index (χ0) is 15.0. The zero-order valence-electron chi connectivity index (χ0n) is 12.2. The number of nitro groups is 1. The molecule has 0 radical (unpaired) electrons. The molecule has 21 heavy (non-hydrogen) atoms. The van der Waals surface area contributed by atoms with Crippen LogP contribution in [-0.4, -0.2) is 16.5 Å². The molecule has 0 saturated heterocycles. The molecule has 2 heterocycles. The van der Waals surface area contributed by atoms with E-state index in [1.165, 1.54) is 5.56 Å². The van der Waals surface area contributed by atoms with Gasteiger partial charge in [-0.3, -0.25) is 15.1 Å². The monoisotopic (exact) mass is 283 g/mol. The van der Waals surface area contributed by atoms with Crippen LogP contribution < -0.4 is 4.90 Å². The highest BCUT2D eigenvalue weighted by atomic mass is 16.6. The average Bonchev–Trinajstić information content (AvgIpc) is 2.83. The van der Waals surface area contributed by atoms with Crippen LogP contribution in [0.5, 0.6) is 0 Å². The lowest BCUT2D eigenvalue weighted by Gasteiger charge is -2.20. The van der Waals surface area contributed by atoms with Gasteiger partial charge >= 0.3 is 0 Å². The number of fused-ring (bicyclic) bond motifs is 1. The molecular weight excluding hydrogens is 266 g/mol.